The molecule has 1 aromatic carbocycles. The van der Waals surface area contributed by atoms with Crippen LogP contribution in [0.4, 0.5) is 0 Å². The van der Waals surface area contributed by atoms with Crippen LogP contribution in [0.5, 0.6) is 5.75 Å². The van der Waals surface area contributed by atoms with Crippen molar-refractivity contribution in [2.45, 2.75) is 17.9 Å². The van der Waals surface area contributed by atoms with E-state index in [-0.39, 0.29) is 11.8 Å². The molecule has 11 heavy (non-hydrogen) atoms. The summed E-state index contributed by atoms with van der Waals surface area (Å²) in [4.78, 5) is 0.743. The van der Waals surface area contributed by atoms with Gasteiger partial charge in [-0.15, -0.1) is 12.6 Å². The van der Waals surface area contributed by atoms with Gasteiger partial charge in [0.05, 0.1) is 0 Å². The molecule has 0 aromatic heterocycles. The van der Waals surface area contributed by atoms with Gasteiger partial charge in [-0.3, -0.25) is 0 Å². The van der Waals surface area contributed by atoms with E-state index >= 15 is 0 Å². The monoisotopic (exact) mass is 169 g/mol. The van der Waals surface area contributed by atoms with Gasteiger partial charge in [0.25, 0.3) is 0 Å². The van der Waals surface area contributed by atoms with Crippen molar-refractivity contribution in [3.05, 3.63) is 23.8 Å². The van der Waals surface area contributed by atoms with Gasteiger partial charge in [0.2, 0.25) is 0 Å². The molecule has 0 saturated carbocycles. The van der Waals surface area contributed by atoms with Crippen LogP contribution in [0.15, 0.2) is 23.1 Å². The van der Waals surface area contributed by atoms with Crippen LogP contribution in [-0.2, 0) is 0 Å². The zero-order chi connectivity index (χ0) is 8.43. The lowest BCUT2D eigenvalue weighted by Gasteiger charge is -2.07. The Kier molecular flexibility index (Phi) is 2.42. The Morgan fingerprint density at radius 3 is 2.64 bits per heavy atom. The first-order chi connectivity index (χ1) is 5.11. The molecular formula is C8H11NOS. The second-order valence-corrected chi connectivity index (χ2v) is 3.05. The van der Waals surface area contributed by atoms with E-state index in [0.29, 0.717) is 0 Å². The lowest BCUT2D eigenvalue weighted by molar-refractivity contribution is 0.462. The van der Waals surface area contributed by atoms with Crippen LogP contribution in [0.1, 0.15) is 18.5 Å². The maximum Gasteiger partial charge on any atom is 0.121 e. The van der Waals surface area contributed by atoms with Crippen LogP contribution in [0.3, 0.4) is 0 Å². The van der Waals surface area contributed by atoms with Crippen LogP contribution in [0.25, 0.3) is 0 Å². The average Bonchev–Trinajstić information content (AvgIpc) is 1.85. The van der Waals surface area contributed by atoms with Gasteiger partial charge in [-0.2, -0.15) is 0 Å². The number of rotatable bonds is 1. The minimum absolute atomic E-state index is 0.135. The van der Waals surface area contributed by atoms with Gasteiger partial charge in [0.15, 0.2) is 0 Å². The van der Waals surface area contributed by atoms with Crippen molar-refractivity contribution in [1.29, 1.82) is 0 Å². The van der Waals surface area contributed by atoms with Gasteiger partial charge in [-0.1, -0.05) is 6.07 Å². The van der Waals surface area contributed by atoms with Crippen molar-refractivity contribution in [3.63, 3.8) is 0 Å². The fraction of sp³-hybridized carbons (Fsp3) is 0.250. The molecule has 0 fully saturated rings. The second kappa shape index (κ2) is 3.15. The number of thiol groups is 1. The summed E-state index contributed by atoms with van der Waals surface area (Å²) in [5, 5.41) is 9.33. The highest BCUT2D eigenvalue weighted by Crippen LogP contribution is 2.24. The minimum atomic E-state index is -0.135. The largest absolute Gasteiger partial charge is 0.508 e. The zero-order valence-corrected chi connectivity index (χ0v) is 7.18. The lowest BCUT2D eigenvalue weighted by Crippen LogP contribution is -2.04. The summed E-state index contributed by atoms with van der Waals surface area (Å²) in [5.41, 5.74) is 6.33. The third-order valence-electron chi connectivity index (χ3n) is 1.50. The number of nitrogens with two attached hydrogens (primary N) is 1. The molecule has 0 amide bonds. The molecule has 1 rings (SSSR count). The fourth-order valence-electron chi connectivity index (χ4n) is 0.917. The maximum absolute atomic E-state index is 9.33. The van der Waals surface area contributed by atoms with Crippen LogP contribution in [0, 0.1) is 0 Å². The van der Waals surface area contributed by atoms with Gasteiger partial charge < -0.3 is 10.8 Å². The zero-order valence-electron chi connectivity index (χ0n) is 6.28. The van der Waals surface area contributed by atoms with E-state index in [1.807, 2.05) is 13.0 Å². The summed E-state index contributed by atoms with van der Waals surface area (Å²) in [7, 11) is 0. The fourth-order valence-corrected chi connectivity index (χ4v) is 1.11. The Bertz CT molecular complexity index is 260. The van der Waals surface area contributed by atoms with Gasteiger partial charge in [-0.25, -0.2) is 0 Å². The predicted molar refractivity (Wildman–Crippen MR) is 48.0 cm³/mol. The minimum Gasteiger partial charge on any atom is -0.508 e. The Morgan fingerprint density at radius 1 is 1.55 bits per heavy atom. The molecule has 0 aliphatic heterocycles. The third kappa shape index (κ3) is 1.88. The van der Waals surface area contributed by atoms with Crippen molar-refractivity contribution in [3.8, 4) is 5.75 Å². The molecule has 0 saturated heterocycles. The van der Waals surface area contributed by atoms with E-state index in [0.717, 1.165) is 10.5 Å². The first-order valence-corrected chi connectivity index (χ1v) is 3.83. The highest BCUT2D eigenvalue weighted by Gasteiger charge is 2.04. The molecule has 0 aliphatic carbocycles. The predicted octanol–water partition coefficient (Wildman–Crippen LogP) is 1.70. The first-order valence-electron chi connectivity index (χ1n) is 3.38. The van der Waals surface area contributed by atoms with Crippen LogP contribution in [-0.4, -0.2) is 5.11 Å². The summed E-state index contributed by atoms with van der Waals surface area (Å²) in [6.45, 7) is 1.83. The van der Waals surface area contributed by atoms with Gasteiger partial charge in [0, 0.05) is 16.5 Å². The number of benzene rings is 1. The standard InChI is InChI=1S/C8H11NOS/c1-5(9)7-3-2-6(11)4-8(7)10/h2-5,10-11H,9H2,1H3. The number of phenolic OH excluding ortho intramolecular Hbond substituents is 1. The van der Waals surface area contributed by atoms with Crippen LogP contribution in [0.2, 0.25) is 0 Å². The SMILES string of the molecule is CC(N)c1ccc(S)cc1O. The van der Waals surface area contributed by atoms with Crippen molar-refractivity contribution in [2.75, 3.05) is 0 Å². The summed E-state index contributed by atoms with van der Waals surface area (Å²) in [6.07, 6.45) is 0. The molecule has 0 spiro atoms. The first kappa shape index (κ1) is 8.43. The van der Waals surface area contributed by atoms with Crippen molar-refractivity contribution >= 4 is 12.6 Å². The highest BCUT2D eigenvalue weighted by molar-refractivity contribution is 7.80. The summed E-state index contributed by atoms with van der Waals surface area (Å²) in [5.74, 6) is 0.215. The molecule has 0 aliphatic rings. The molecule has 3 heteroatoms. The van der Waals surface area contributed by atoms with E-state index in [1.165, 1.54) is 0 Å². The molecule has 1 aromatic rings. The Labute approximate surface area is 71.5 Å². The molecule has 1 unspecified atom stereocenters. The van der Waals surface area contributed by atoms with E-state index in [4.69, 9.17) is 5.73 Å². The number of hydrogen-bond donors (Lipinski definition) is 3. The molecule has 3 N–H and O–H groups in total. The van der Waals surface area contributed by atoms with Crippen LogP contribution < -0.4 is 5.73 Å². The third-order valence-corrected chi connectivity index (χ3v) is 1.78. The second-order valence-electron chi connectivity index (χ2n) is 2.53. The van der Waals surface area contributed by atoms with Crippen molar-refractivity contribution in [2.24, 2.45) is 5.73 Å². The number of hydrogen-bond acceptors (Lipinski definition) is 3. The molecular weight excluding hydrogens is 158 g/mol. The van der Waals surface area contributed by atoms with Crippen molar-refractivity contribution < 1.29 is 5.11 Å². The highest BCUT2D eigenvalue weighted by atomic mass is 32.1. The molecule has 2 nitrogen and oxygen atoms in total. The number of aromatic hydroxyl groups is 1. The van der Waals surface area contributed by atoms with Crippen molar-refractivity contribution in [1.82, 2.24) is 0 Å². The lowest BCUT2D eigenvalue weighted by atomic mass is 10.1. The molecule has 0 radical (unpaired) electrons. The molecule has 1 atom stereocenters. The Balaban J connectivity index is 3.09. The summed E-state index contributed by atoms with van der Waals surface area (Å²) < 4.78 is 0. The normalized spacial score (nSPS) is 13.0. The molecule has 0 heterocycles. The smallest absolute Gasteiger partial charge is 0.121 e. The molecule has 60 valence electrons. The quantitative estimate of drug-likeness (QED) is 0.560. The van der Waals surface area contributed by atoms with E-state index in [9.17, 15) is 5.11 Å². The average molecular weight is 169 g/mol. The van der Waals surface area contributed by atoms with Gasteiger partial charge >= 0.3 is 0 Å². The van der Waals surface area contributed by atoms with Crippen LogP contribution >= 0.6 is 12.6 Å². The van der Waals surface area contributed by atoms with E-state index < -0.39 is 0 Å². The summed E-state index contributed by atoms with van der Waals surface area (Å²) in [6, 6.07) is 5.04. The summed E-state index contributed by atoms with van der Waals surface area (Å²) >= 11 is 4.07. The van der Waals surface area contributed by atoms with Gasteiger partial charge in [0.1, 0.15) is 5.75 Å². The molecule has 0 bridgehead atoms. The van der Waals surface area contributed by atoms with Gasteiger partial charge in [-0.05, 0) is 19.1 Å². The van der Waals surface area contributed by atoms with E-state index in [2.05, 4.69) is 12.6 Å². The maximum atomic E-state index is 9.33. The Hall–Kier alpha value is -0.670. The topological polar surface area (TPSA) is 46.2 Å². The van der Waals surface area contributed by atoms with E-state index in [1.54, 1.807) is 12.1 Å². The Morgan fingerprint density at radius 2 is 2.18 bits per heavy atom. The number of phenols is 1.